The van der Waals surface area contributed by atoms with Crippen LogP contribution in [0.4, 0.5) is 0 Å². The molecule has 0 aliphatic carbocycles. The van der Waals surface area contributed by atoms with E-state index in [0.717, 1.165) is 6.42 Å². The van der Waals surface area contributed by atoms with Crippen molar-refractivity contribution in [1.29, 1.82) is 0 Å². The van der Waals surface area contributed by atoms with Gasteiger partial charge in [-0.15, -0.1) is 0 Å². The highest BCUT2D eigenvalue weighted by atomic mass is 14.1. The molecule has 1 aromatic carbocycles. The molecule has 0 amide bonds. The normalized spacial score (nSPS) is 10.8. The molecule has 0 heterocycles. The van der Waals surface area contributed by atoms with Crippen LogP contribution < -0.4 is 0 Å². The van der Waals surface area contributed by atoms with Crippen LogP contribution in [0.2, 0.25) is 0 Å². The SMILES string of the molecule is CCCCCCc1cc(C)c(CC)cc1C. The molecule has 0 fully saturated rings. The quantitative estimate of drug-likeness (QED) is 0.590. The van der Waals surface area contributed by atoms with Crippen molar-refractivity contribution < 1.29 is 0 Å². The van der Waals surface area contributed by atoms with Gasteiger partial charge in [0.15, 0.2) is 0 Å². The minimum atomic E-state index is 1.16. The number of aryl methyl sites for hydroxylation is 4. The van der Waals surface area contributed by atoms with E-state index in [-0.39, 0.29) is 0 Å². The van der Waals surface area contributed by atoms with Gasteiger partial charge in [0.05, 0.1) is 0 Å². The Hall–Kier alpha value is -0.780. The van der Waals surface area contributed by atoms with Gasteiger partial charge in [0.2, 0.25) is 0 Å². The third-order valence-electron chi connectivity index (χ3n) is 3.48. The topological polar surface area (TPSA) is 0 Å². The summed E-state index contributed by atoms with van der Waals surface area (Å²) in [4.78, 5) is 0. The van der Waals surface area contributed by atoms with E-state index in [0.29, 0.717) is 0 Å². The molecule has 1 aromatic rings. The van der Waals surface area contributed by atoms with Crippen molar-refractivity contribution in [3.05, 3.63) is 34.4 Å². The van der Waals surface area contributed by atoms with Crippen LogP contribution in [0.5, 0.6) is 0 Å². The first-order chi connectivity index (χ1) is 7.69. The van der Waals surface area contributed by atoms with Gasteiger partial charge in [-0.05, 0) is 55.4 Å². The van der Waals surface area contributed by atoms with E-state index in [4.69, 9.17) is 0 Å². The third kappa shape index (κ3) is 3.66. The molecule has 0 unspecified atom stereocenters. The van der Waals surface area contributed by atoms with E-state index in [1.54, 1.807) is 5.56 Å². The van der Waals surface area contributed by atoms with Crippen LogP contribution in [0.25, 0.3) is 0 Å². The average molecular weight is 218 g/mol. The lowest BCUT2D eigenvalue weighted by molar-refractivity contribution is 0.665. The summed E-state index contributed by atoms with van der Waals surface area (Å²) in [6.07, 6.45) is 7.85. The number of benzene rings is 1. The third-order valence-corrected chi connectivity index (χ3v) is 3.48. The average Bonchev–Trinajstić information content (AvgIpc) is 2.28. The molecule has 0 heteroatoms. The van der Waals surface area contributed by atoms with Crippen molar-refractivity contribution in [2.75, 3.05) is 0 Å². The highest BCUT2D eigenvalue weighted by Crippen LogP contribution is 2.19. The van der Waals surface area contributed by atoms with E-state index in [2.05, 4.69) is 39.8 Å². The molecule has 0 saturated carbocycles. The molecular formula is C16H26. The lowest BCUT2D eigenvalue weighted by Gasteiger charge is -2.11. The molecule has 0 aliphatic heterocycles. The predicted molar refractivity (Wildman–Crippen MR) is 73.1 cm³/mol. The van der Waals surface area contributed by atoms with Crippen LogP contribution in [0.15, 0.2) is 12.1 Å². The van der Waals surface area contributed by atoms with Crippen molar-refractivity contribution in [2.45, 2.75) is 66.2 Å². The van der Waals surface area contributed by atoms with Gasteiger partial charge in [-0.2, -0.15) is 0 Å². The Morgan fingerprint density at radius 2 is 1.44 bits per heavy atom. The standard InChI is InChI=1S/C16H26/c1-5-7-8-9-10-16-12-13(3)15(6-2)11-14(16)4/h11-12H,5-10H2,1-4H3. The number of unbranched alkanes of at least 4 members (excludes halogenated alkanes) is 3. The molecule has 0 radical (unpaired) electrons. The molecule has 0 saturated heterocycles. The zero-order chi connectivity index (χ0) is 12.0. The molecule has 0 aromatic heterocycles. The van der Waals surface area contributed by atoms with Gasteiger partial charge in [-0.1, -0.05) is 45.2 Å². The summed E-state index contributed by atoms with van der Waals surface area (Å²) >= 11 is 0. The van der Waals surface area contributed by atoms with Crippen molar-refractivity contribution in [1.82, 2.24) is 0 Å². The zero-order valence-corrected chi connectivity index (χ0v) is 11.4. The highest BCUT2D eigenvalue weighted by molar-refractivity contribution is 5.37. The monoisotopic (exact) mass is 218 g/mol. The molecule has 0 N–H and O–H groups in total. The fourth-order valence-corrected chi connectivity index (χ4v) is 2.33. The van der Waals surface area contributed by atoms with E-state index in [1.807, 2.05) is 0 Å². The molecule has 0 aliphatic rings. The van der Waals surface area contributed by atoms with E-state index in [9.17, 15) is 0 Å². The summed E-state index contributed by atoms with van der Waals surface area (Å²) in [5.74, 6) is 0. The van der Waals surface area contributed by atoms with Crippen molar-refractivity contribution in [2.24, 2.45) is 0 Å². The number of hydrogen-bond donors (Lipinski definition) is 0. The van der Waals surface area contributed by atoms with Gasteiger partial charge in [0, 0.05) is 0 Å². The Labute approximate surface area is 101 Å². The number of hydrogen-bond acceptors (Lipinski definition) is 0. The van der Waals surface area contributed by atoms with Crippen LogP contribution in [-0.4, -0.2) is 0 Å². The van der Waals surface area contributed by atoms with Crippen LogP contribution in [0.3, 0.4) is 0 Å². The minimum Gasteiger partial charge on any atom is -0.0654 e. The molecule has 0 nitrogen and oxygen atoms in total. The maximum Gasteiger partial charge on any atom is -0.0276 e. The Morgan fingerprint density at radius 3 is 2.06 bits per heavy atom. The lowest BCUT2D eigenvalue weighted by atomic mass is 9.95. The van der Waals surface area contributed by atoms with E-state index < -0.39 is 0 Å². The van der Waals surface area contributed by atoms with Crippen LogP contribution in [0.1, 0.15) is 61.8 Å². The fraction of sp³-hybridized carbons (Fsp3) is 0.625. The smallest absolute Gasteiger partial charge is 0.0276 e. The highest BCUT2D eigenvalue weighted by Gasteiger charge is 2.03. The first-order valence-corrected chi connectivity index (χ1v) is 6.78. The van der Waals surface area contributed by atoms with Gasteiger partial charge in [-0.3, -0.25) is 0 Å². The maximum absolute atomic E-state index is 2.40. The fourth-order valence-electron chi connectivity index (χ4n) is 2.33. The molecule has 0 spiro atoms. The number of rotatable bonds is 6. The van der Waals surface area contributed by atoms with Gasteiger partial charge in [0.1, 0.15) is 0 Å². The summed E-state index contributed by atoms with van der Waals surface area (Å²) < 4.78 is 0. The maximum atomic E-state index is 2.40. The van der Waals surface area contributed by atoms with Crippen LogP contribution in [-0.2, 0) is 12.8 Å². The van der Waals surface area contributed by atoms with Crippen LogP contribution >= 0.6 is 0 Å². The van der Waals surface area contributed by atoms with Crippen LogP contribution in [0, 0.1) is 13.8 Å². The molecule has 16 heavy (non-hydrogen) atoms. The molecule has 90 valence electrons. The molecule has 0 atom stereocenters. The second kappa shape index (κ2) is 6.73. The molecular weight excluding hydrogens is 192 g/mol. The Kier molecular flexibility index (Phi) is 5.59. The summed E-state index contributed by atoms with van der Waals surface area (Å²) in [5, 5.41) is 0. The minimum absolute atomic E-state index is 1.16. The largest absolute Gasteiger partial charge is 0.0654 e. The second-order valence-electron chi connectivity index (χ2n) is 4.87. The van der Waals surface area contributed by atoms with Gasteiger partial charge < -0.3 is 0 Å². The Bertz CT molecular complexity index is 323. The lowest BCUT2D eigenvalue weighted by Crippen LogP contribution is -1.95. The molecule has 0 bridgehead atoms. The molecule has 1 rings (SSSR count). The Balaban J connectivity index is 2.63. The summed E-state index contributed by atoms with van der Waals surface area (Å²) in [5.41, 5.74) is 6.03. The summed E-state index contributed by atoms with van der Waals surface area (Å²) in [6.45, 7) is 9.01. The first kappa shape index (κ1) is 13.3. The second-order valence-corrected chi connectivity index (χ2v) is 4.87. The van der Waals surface area contributed by atoms with Crippen molar-refractivity contribution in [3.8, 4) is 0 Å². The first-order valence-electron chi connectivity index (χ1n) is 6.78. The predicted octanol–water partition coefficient (Wildman–Crippen LogP) is 4.99. The van der Waals surface area contributed by atoms with Gasteiger partial charge >= 0.3 is 0 Å². The van der Waals surface area contributed by atoms with Crippen molar-refractivity contribution >= 4 is 0 Å². The summed E-state index contributed by atoms with van der Waals surface area (Å²) in [7, 11) is 0. The Morgan fingerprint density at radius 1 is 0.812 bits per heavy atom. The van der Waals surface area contributed by atoms with E-state index >= 15 is 0 Å². The van der Waals surface area contributed by atoms with Gasteiger partial charge in [0.25, 0.3) is 0 Å². The van der Waals surface area contributed by atoms with E-state index in [1.165, 1.54) is 48.8 Å². The van der Waals surface area contributed by atoms with Crippen molar-refractivity contribution in [3.63, 3.8) is 0 Å². The zero-order valence-electron chi connectivity index (χ0n) is 11.4. The summed E-state index contributed by atoms with van der Waals surface area (Å²) in [6, 6.07) is 4.78. The van der Waals surface area contributed by atoms with Gasteiger partial charge in [-0.25, -0.2) is 0 Å².